The Kier molecular flexibility index (Phi) is 5.20. The van der Waals surface area contributed by atoms with E-state index in [0.29, 0.717) is 17.4 Å². The van der Waals surface area contributed by atoms with Gasteiger partial charge in [0.2, 0.25) is 0 Å². The average Bonchev–Trinajstić information content (AvgIpc) is 3.57. The monoisotopic (exact) mass is 444 g/mol. The van der Waals surface area contributed by atoms with Crippen molar-refractivity contribution < 1.29 is 14.3 Å². The number of fused-ring (bicyclic) bond motifs is 1. The van der Waals surface area contributed by atoms with E-state index in [1.165, 1.54) is 17.7 Å². The lowest BCUT2D eigenvalue weighted by atomic mass is 10.0. The summed E-state index contributed by atoms with van der Waals surface area (Å²) in [6, 6.07) is 16.2. The Bertz CT molecular complexity index is 1370. The molecule has 3 heterocycles. The second-order valence-electron chi connectivity index (χ2n) is 7.50. The molecule has 0 radical (unpaired) electrons. The SMILES string of the molecule is CC(CNc1nc(-c2ccc(-c3cnco3)cc2)c(-c2cccc3[nH]ccc23)s1)C(=O)O. The largest absolute Gasteiger partial charge is 0.481 e. The number of benzene rings is 2. The highest BCUT2D eigenvalue weighted by Crippen LogP contribution is 2.42. The van der Waals surface area contributed by atoms with E-state index in [0.717, 1.165) is 38.2 Å². The highest BCUT2D eigenvalue weighted by atomic mass is 32.1. The van der Waals surface area contributed by atoms with Crippen molar-refractivity contribution in [2.24, 2.45) is 5.92 Å². The van der Waals surface area contributed by atoms with E-state index in [1.54, 1.807) is 13.1 Å². The van der Waals surface area contributed by atoms with E-state index in [4.69, 9.17) is 9.40 Å². The van der Waals surface area contributed by atoms with Gasteiger partial charge in [0.1, 0.15) is 0 Å². The topological polar surface area (TPSA) is 104 Å². The first-order valence-electron chi connectivity index (χ1n) is 10.1. The Morgan fingerprint density at radius 3 is 2.75 bits per heavy atom. The van der Waals surface area contributed by atoms with Crippen LogP contribution in [-0.2, 0) is 4.79 Å². The zero-order valence-electron chi connectivity index (χ0n) is 17.2. The summed E-state index contributed by atoms with van der Waals surface area (Å²) >= 11 is 1.52. The van der Waals surface area contributed by atoms with E-state index in [-0.39, 0.29) is 0 Å². The molecule has 2 aromatic carbocycles. The summed E-state index contributed by atoms with van der Waals surface area (Å²) in [5.41, 5.74) is 4.88. The van der Waals surface area contributed by atoms with E-state index < -0.39 is 11.9 Å². The van der Waals surface area contributed by atoms with Crippen molar-refractivity contribution in [3.05, 3.63) is 67.3 Å². The molecule has 5 aromatic rings. The Balaban J connectivity index is 1.57. The van der Waals surface area contributed by atoms with Crippen LogP contribution in [0.4, 0.5) is 5.13 Å². The predicted octanol–water partition coefficient (Wildman–Crippen LogP) is 5.75. The number of oxazole rings is 1. The molecule has 0 spiro atoms. The lowest BCUT2D eigenvalue weighted by Gasteiger charge is -2.06. The minimum Gasteiger partial charge on any atom is -0.481 e. The third-order valence-electron chi connectivity index (χ3n) is 5.32. The molecule has 0 aliphatic carbocycles. The van der Waals surface area contributed by atoms with Crippen LogP contribution in [0, 0.1) is 5.92 Å². The van der Waals surface area contributed by atoms with Crippen molar-refractivity contribution in [2.75, 3.05) is 11.9 Å². The summed E-state index contributed by atoms with van der Waals surface area (Å²) in [5, 5.41) is 14.2. The number of carboxylic acid groups (broad SMARTS) is 1. The quantitative estimate of drug-likeness (QED) is 0.295. The maximum atomic E-state index is 11.2. The number of nitrogens with one attached hydrogen (secondary N) is 2. The van der Waals surface area contributed by atoms with Gasteiger partial charge in [-0.1, -0.05) is 54.7 Å². The minimum absolute atomic E-state index is 0.306. The van der Waals surface area contributed by atoms with Gasteiger partial charge < -0.3 is 19.8 Å². The van der Waals surface area contributed by atoms with Crippen molar-refractivity contribution in [1.29, 1.82) is 0 Å². The first-order chi connectivity index (χ1) is 15.6. The molecule has 3 N–H and O–H groups in total. The van der Waals surface area contributed by atoms with Crippen LogP contribution < -0.4 is 5.32 Å². The molecule has 8 heteroatoms. The number of rotatable bonds is 7. The number of nitrogens with zero attached hydrogens (tertiary/aromatic N) is 2. The zero-order chi connectivity index (χ0) is 22.1. The number of anilines is 1. The molecule has 0 amide bonds. The van der Waals surface area contributed by atoms with Crippen LogP contribution in [-0.4, -0.2) is 32.6 Å². The highest BCUT2D eigenvalue weighted by Gasteiger charge is 2.19. The van der Waals surface area contributed by atoms with Gasteiger partial charge in [0, 0.05) is 40.3 Å². The standard InChI is InChI=1S/C24H20N4O3S/c1-14(23(29)30)11-27-24-28-21(16-7-5-15(6-8-16)20-12-25-13-31-20)22(32-24)18-3-2-4-19-17(18)9-10-26-19/h2-10,12-14,26H,11H2,1H3,(H,27,28)(H,29,30). The van der Waals surface area contributed by atoms with Gasteiger partial charge in [0.05, 0.1) is 22.7 Å². The van der Waals surface area contributed by atoms with Gasteiger partial charge >= 0.3 is 5.97 Å². The highest BCUT2D eigenvalue weighted by molar-refractivity contribution is 7.19. The van der Waals surface area contributed by atoms with Crippen LogP contribution in [0.25, 0.3) is 43.9 Å². The van der Waals surface area contributed by atoms with E-state index in [9.17, 15) is 9.90 Å². The Morgan fingerprint density at radius 2 is 2.00 bits per heavy atom. The van der Waals surface area contributed by atoms with Gasteiger partial charge in [-0.15, -0.1) is 0 Å². The summed E-state index contributed by atoms with van der Waals surface area (Å²) < 4.78 is 5.39. The summed E-state index contributed by atoms with van der Waals surface area (Å²) in [7, 11) is 0. The van der Waals surface area contributed by atoms with Crippen LogP contribution >= 0.6 is 11.3 Å². The summed E-state index contributed by atoms with van der Waals surface area (Å²) in [5.74, 6) is -0.646. The number of hydrogen-bond donors (Lipinski definition) is 3. The first kappa shape index (κ1) is 20.0. The molecular weight excluding hydrogens is 424 g/mol. The maximum Gasteiger partial charge on any atom is 0.308 e. The number of aromatic nitrogens is 3. The molecule has 32 heavy (non-hydrogen) atoms. The summed E-state index contributed by atoms with van der Waals surface area (Å²) in [6.45, 7) is 1.98. The molecule has 7 nitrogen and oxygen atoms in total. The predicted molar refractivity (Wildman–Crippen MR) is 126 cm³/mol. The number of aromatic amines is 1. The number of thiazole rings is 1. The lowest BCUT2D eigenvalue weighted by molar-refractivity contribution is -0.140. The van der Waals surface area contributed by atoms with Crippen LogP contribution in [0.5, 0.6) is 0 Å². The van der Waals surface area contributed by atoms with Crippen LogP contribution in [0.3, 0.4) is 0 Å². The Morgan fingerprint density at radius 1 is 1.19 bits per heavy atom. The molecule has 0 aliphatic heterocycles. The van der Waals surface area contributed by atoms with Crippen molar-refractivity contribution in [1.82, 2.24) is 15.0 Å². The van der Waals surface area contributed by atoms with Gasteiger partial charge in [0.15, 0.2) is 17.3 Å². The van der Waals surface area contributed by atoms with Gasteiger partial charge in [0.25, 0.3) is 0 Å². The van der Waals surface area contributed by atoms with Crippen molar-refractivity contribution >= 4 is 33.3 Å². The molecule has 0 fully saturated rings. The molecule has 5 rings (SSSR count). The normalized spacial score (nSPS) is 12.2. The fourth-order valence-electron chi connectivity index (χ4n) is 3.54. The molecule has 0 saturated heterocycles. The summed E-state index contributed by atoms with van der Waals surface area (Å²) in [6.07, 6.45) is 5.02. The van der Waals surface area contributed by atoms with Gasteiger partial charge in [-0.2, -0.15) is 0 Å². The van der Waals surface area contributed by atoms with Crippen LogP contribution in [0.2, 0.25) is 0 Å². The van der Waals surface area contributed by atoms with Crippen molar-refractivity contribution in [3.8, 4) is 33.0 Å². The fourth-order valence-corrected chi connectivity index (χ4v) is 4.57. The Hall–Kier alpha value is -3.91. The van der Waals surface area contributed by atoms with Gasteiger partial charge in [-0.05, 0) is 12.1 Å². The molecule has 0 aliphatic rings. The van der Waals surface area contributed by atoms with E-state index in [1.807, 2.05) is 42.6 Å². The van der Waals surface area contributed by atoms with Gasteiger partial charge in [-0.3, -0.25) is 4.79 Å². The molecular formula is C24H20N4O3S. The maximum absolute atomic E-state index is 11.2. The van der Waals surface area contributed by atoms with Gasteiger partial charge in [-0.25, -0.2) is 9.97 Å². The third kappa shape index (κ3) is 3.76. The molecule has 1 unspecified atom stereocenters. The minimum atomic E-state index is -0.838. The smallest absolute Gasteiger partial charge is 0.308 e. The third-order valence-corrected chi connectivity index (χ3v) is 6.37. The van der Waals surface area contributed by atoms with Crippen molar-refractivity contribution in [3.63, 3.8) is 0 Å². The number of carboxylic acids is 1. The molecule has 3 aromatic heterocycles. The van der Waals surface area contributed by atoms with Crippen molar-refractivity contribution in [2.45, 2.75) is 6.92 Å². The zero-order valence-corrected chi connectivity index (χ0v) is 18.0. The number of aliphatic carboxylic acids is 1. The van der Waals surface area contributed by atoms with E-state index >= 15 is 0 Å². The molecule has 160 valence electrons. The van der Waals surface area contributed by atoms with Crippen LogP contribution in [0.15, 0.2) is 71.7 Å². The molecule has 1 atom stereocenters. The number of hydrogen-bond acceptors (Lipinski definition) is 6. The second-order valence-corrected chi connectivity index (χ2v) is 8.50. The lowest BCUT2D eigenvalue weighted by Crippen LogP contribution is -2.19. The summed E-state index contributed by atoms with van der Waals surface area (Å²) in [4.78, 5) is 24.3. The Labute approximate surface area is 187 Å². The number of carbonyl (C=O) groups is 1. The first-order valence-corrected chi connectivity index (χ1v) is 10.9. The second kappa shape index (κ2) is 8.32. The fraction of sp³-hybridized carbons (Fsp3) is 0.125. The van der Waals surface area contributed by atoms with Crippen LogP contribution in [0.1, 0.15) is 6.92 Å². The van der Waals surface area contributed by atoms with E-state index in [2.05, 4.69) is 27.4 Å². The average molecular weight is 445 g/mol. The molecule has 0 bridgehead atoms. The molecule has 0 saturated carbocycles. The number of H-pyrrole nitrogens is 1.